The molecule has 1 amide bonds. The Bertz CT molecular complexity index is 481. The molecule has 0 aliphatic rings. The van der Waals surface area contributed by atoms with E-state index in [1.165, 1.54) is 13.2 Å². The zero-order valence-electron chi connectivity index (χ0n) is 10.5. The van der Waals surface area contributed by atoms with E-state index < -0.39 is 23.9 Å². The molecule has 0 saturated heterocycles. The van der Waals surface area contributed by atoms with Gasteiger partial charge in [0.1, 0.15) is 6.04 Å². The smallest absolute Gasteiger partial charge is 0.326 e. The maximum atomic E-state index is 11.7. The highest BCUT2D eigenvalue weighted by Crippen LogP contribution is 2.05. The predicted octanol–water partition coefficient (Wildman–Crippen LogP) is 0.119. The molecule has 1 heterocycles. The third kappa shape index (κ3) is 4.41. The van der Waals surface area contributed by atoms with Crippen LogP contribution in [-0.4, -0.2) is 41.3 Å². The molecule has 8 heteroatoms. The van der Waals surface area contributed by atoms with Crippen molar-refractivity contribution in [3.05, 3.63) is 17.5 Å². The molecule has 8 nitrogen and oxygen atoms in total. The highest BCUT2D eigenvalue weighted by Gasteiger charge is 2.23. The van der Waals surface area contributed by atoms with Gasteiger partial charge in [0.2, 0.25) is 5.76 Å². The van der Waals surface area contributed by atoms with Gasteiger partial charge in [-0.15, -0.1) is 0 Å². The number of methoxy groups -OCH3 is 1. The minimum atomic E-state index is -1.24. The molecular weight excluding hydrogens is 256 g/mol. The minimum Gasteiger partial charge on any atom is -0.480 e. The van der Waals surface area contributed by atoms with Crippen LogP contribution in [0.2, 0.25) is 0 Å². The fraction of sp³-hybridized carbons (Fsp3) is 0.455. The molecule has 0 aliphatic carbocycles. The zero-order chi connectivity index (χ0) is 14.4. The third-order valence-electron chi connectivity index (χ3n) is 2.32. The van der Waals surface area contributed by atoms with Crippen LogP contribution < -0.4 is 5.32 Å². The van der Waals surface area contributed by atoms with Crippen LogP contribution in [-0.2, 0) is 14.3 Å². The van der Waals surface area contributed by atoms with Crippen molar-refractivity contribution in [2.24, 2.45) is 0 Å². The van der Waals surface area contributed by atoms with Gasteiger partial charge in [0.25, 0.3) is 5.91 Å². The number of hydrogen-bond acceptors (Lipinski definition) is 6. The Morgan fingerprint density at radius 1 is 1.53 bits per heavy atom. The molecule has 2 N–H and O–H groups in total. The van der Waals surface area contributed by atoms with E-state index >= 15 is 0 Å². The van der Waals surface area contributed by atoms with E-state index in [1.54, 1.807) is 6.92 Å². The molecule has 0 fully saturated rings. The molecule has 19 heavy (non-hydrogen) atoms. The van der Waals surface area contributed by atoms with Gasteiger partial charge in [0.05, 0.1) is 12.8 Å². The summed E-state index contributed by atoms with van der Waals surface area (Å²) in [7, 11) is 1.20. The summed E-state index contributed by atoms with van der Waals surface area (Å²) in [5.74, 6) is -2.57. The first kappa shape index (κ1) is 14.7. The minimum absolute atomic E-state index is 0.0686. The first-order valence-corrected chi connectivity index (χ1v) is 5.48. The van der Waals surface area contributed by atoms with E-state index in [9.17, 15) is 14.4 Å². The van der Waals surface area contributed by atoms with Crippen molar-refractivity contribution in [3.63, 3.8) is 0 Å². The highest BCUT2D eigenvalue weighted by molar-refractivity contribution is 5.94. The molecule has 0 saturated carbocycles. The van der Waals surface area contributed by atoms with Gasteiger partial charge in [0, 0.05) is 12.5 Å². The molecule has 1 unspecified atom stereocenters. The van der Waals surface area contributed by atoms with Crippen molar-refractivity contribution in [2.45, 2.75) is 25.8 Å². The van der Waals surface area contributed by atoms with Crippen LogP contribution in [0.5, 0.6) is 0 Å². The number of aryl methyl sites for hydroxylation is 1. The van der Waals surface area contributed by atoms with Crippen molar-refractivity contribution < 1.29 is 28.8 Å². The van der Waals surface area contributed by atoms with E-state index in [2.05, 4.69) is 15.2 Å². The summed E-state index contributed by atoms with van der Waals surface area (Å²) >= 11 is 0. The van der Waals surface area contributed by atoms with Crippen molar-refractivity contribution in [3.8, 4) is 0 Å². The van der Waals surface area contributed by atoms with Crippen LogP contribution in [0.1, 0.15) is 29.1 Å². The lowest BCUT2D eigenvalue weighted by Crippen LogP contribution is -2.41. The number of aliphatic carboxylic acids is 1. The summed E-state index contributed by atoms with van der Waals surface area (Å²) in [5, 5.41) is 14.7. The number of aromatic nitrogens is 1. The SMILES string of the molecule is COC(=O)CCC(NC(=O)c1cc(C)no1)C(=O)O. The number of carbonyl (C=O) groups excluding carboxylic acids is 2. The maximum Gasteiger partial charge on any atom is 0.326 e. The number of rotatable bonds is 6. The highest BCUT2D eigenvalue weighted by atomic mass is 16.5. The van der Waals surface area contributed by atoms with Gasteiger partial charge in [-0.2, -0.15) is 0 Å². The van der Waals surface area contributed by atoms with Gasteiger partial charge >= 0.3 is 11.9 Å². The summed E-state index contributed by atoms with van der Waals surface area (Å²) in [6.45, 7) is 1.63. The molecule has 0 spiro atoms. The van der Waals surface area contributed by atoms with Gasteiger partial charge in [-0.05, 0) is 13.3 Å². The summed E-state index contributed by atoms with van der Waals surface area (Å²) < 4.78 is 9.11. The van der Waals surface area contributed by atoms with Crippen molar-refractivity contribution >= 4 is 17.8 Å². The predicted molar refractivity (Wildman–Crippen MR) is 61.4 cm³/mol. The Balaban J connectivity index is 2.61. The summed E-state index contributed by atoms with van der Waals surface area (Å²) in [6, 6.07) is 0.186. The molecule has 1 rings (SSSR count). The number of nitrogens with zero attached hydrogens (tertiary/aromatic N) is 1. The van der Waals surface area contributed by atoms with Crippen LogP contribution in [0.3, 0.4) is 0 Å². The number of nitrogens with one attached hydrogen (secondary N) is 1. The number of carboxylic acids is 1. The Morgan fingerprint density at radius 3 is 2.68 bits per heavy atom. The van der Waals surface area contributed by atoms with Crippen LogP contribution >= 0.6 is 0 Å². The van der Waals surface area contributed by atoms with Gasteiger partial charge in [-0.25, -0.2) is 4.79 Å². The number of carbonyl (C=O) groups is 3. The second-order valence-corrected chi connectivity index (χ2v) is 3.81. The number of hydrogen-bond donors (Lipinski definition) is 2. The largest absolute Gasteiger partial charge is 0.480 e. The third-order valence-corrected chi connectivity index (χ3v) is 2.32. The molecular formula is C11H14N2O6. The normalized spacial score (nSPS) is 11.7. The molecule has 104 valence electrons. The Morgan fingerprint density at radius 2 is 2.21 bits per heavy atom. The van der Waals surface area contributed by atoms with Gasteiger partial charge in [0.15, 0.2) is 0 Å². The maximum absolute atomic E-state index is 11.7. The molecule has 0 radical (unpaired) electrons. The van der Waals surface area contributed by atoms with Crippen molar-refractivity contribution in [1.82, 2.24) is 10.5 Å². The number of carboxylic acid groups (broad SMARTS) is 1. The van der Waals surface area contributed by atoms with Gasteiger partial charge in [-0.3, -0.25) is 9.59 Å². The summed E-state index contributed by atoms with van der Waals surface area (Å²) in [6.07, 6.45) is -0.177. The number of ether oxygens (including phenoxy) is 1. The van der Waals surface area contributed by atoms with E-state index in [4.69, 9.17) is 9.63 Å². The summed E-state index contributed by atoms with van der Waals surface area (Å²) in [4.78, 5) is 33.6. The first-order valence-electron chi connectivity index (χ1n) is 5.48. The second kappa shape index (κ2) is 6.53. The summed E-state index contributed by atoms with van der Waals surface area (Å²) in [5.41, 5.74) is 0.506. The molecule has 1 atom stereocenters. The molecule has 0 bridgehead atoms. The lowest BCUT2D eigenvalue weighted by molar-refractivity contribution is -0.142. The average Bonchev–Trinajstić information content (AvgIpc) is 2.80. The van der Waals surface area contributed by atoms with Crippen LogP contribution in [0.15, 0.2) is 10.6 Å². The van der Waals surface area contributed by atoms with E-state index in [1.807, 2.05) is 0 Å². The van der Waals surface area contributed by atoms with E-state index in [-0.39, 0.29) is 18.6 Å². The van der Waals surface area contributed by atoms with E-state index in [0.717, 1.165) is 0 Å². The lowest BCUT2D eigenvalue weighted by Gasteiger charge is -2.12. The Hall–Kier alpha value is -2.38. The van der Waals surface area contributed by atoms with E-state index in [0.29, 0.717) is 5.69 Å². The number of esters is 1. The number of amides is 1. The van der Waals surface area contributed by atoms with Gasteiger partial charge < -0.3 is 19.7 Å². The van der Waals surface area contributed by atoms with Crippen LogP contribution in [0.4, 0.5) is 0 Å². The Kier molecular flexibility index (Phi) is 5.04. The van der Waals surface area contributed by atoms with Crippen LogP contribution in [0, 0.1) is 6.92 Å². The standard InChI is InChI=1S/C11H14N2O6/c1-6-5-8(19-13-6)10(15)12-7(11(16)17)3-4-9(14)18-2/h5,7H,3-4H2,1-2H3,(H,12,15)(H,16,17). The Labute approximate surface area is 108 Å². The quantitative estimate of drug-likeness (QED) is 0.704. The van der Waals surface area contributed by atoms with Crippen LogP contribution in [0.25, 0.3) is 0 Å². The molecule has 1 aromatic rings. The van der Waals surface area contributed by atoms with Crippen molar-refractivity contribution in [2.75, 3.05) is 7.11 Å². The monoisotopic (exact) mass is 270 g/mol. The molecule has 0 aliphatic heterocycles. The fourth-order valence-electron chi connectivity index (χ4n) is 1.32. The first-order chi connectivity index (χ1) is 8.93. The zero-order valence-corrected chi connectivity index (χ0v) is 10.5. The second-order valence-electron chi connectivity index (χ2n) is 3.81. The van der Waals surface area contributed by atoms with Crippen molar-refractivity contribution in [1.29, 1.82) is 0 Å². The fourth-order valence-corrected chi connectivity index (χ4v) is 1.32. The topological polar surface area (TPSA) is 119 Å². The molecule has 0 aromatic carbocycles. The lowest BCUT2D eigenvalue weighted by atomic mass is 10.1. The average molecular weight is 270 g/mol. The molecule has 1 aromatic heterocycles. The van der Waals surface area contributed by atoms with Gasteiger partial charge in [-0.1, -0.05) is 5.16 Å².